The first kappa shape index (κ1) is 17.3. The Bertz CT molecular complexity index is 304. The molecule has 0 aliphatic heterocycles. The molecule has 0 amide bonds. The van der Waals surface area contributed by atoms with Crippen LogP contribution in [0.3, 0.4) is 0 Å². The van der Waals surface area contributed by atoms with Crippen LogP contribution in [-0.2, 0) is 4.74 Å². The highest BCUT2D eigenvalue weighted by molar-refractivity contribution is 4.93. The minimum atomic E-state index is 0.105. The molecule has 1 N–H and O–H groups in total. The first-order chi connectivity index (χ1) is 9.80. The summed E-state index contributed by atoms with van der Waals surface area (Å²) in [7, 11) is 0. The van der Waals surface area contributed by atoms with E-state index < -0.39 is 0 Å². The molecule has 21 heavy (non-hydrogen) atoms. The highest BCUT2D eigenvalue weighted by atomic mass is 16.5. The lowest BCUT2D eigenvalue weighted by Gasteiger charge is -2.44. The van der Waals surface area contributed by atoms with Crippen molar-refractivity contribution >= 4 is 0 Å². The van der Waals surface area contributed by atoms with Crippen molar-refractivity contribution in [3.8, 4) is 0 Å². The van der Waals surface area contributed by atoms with Gasteiger partial charge in [0.1, 0.15) is 0 Å². The lowest BCUT2D eigenvalue weighted by atomic mass is 9.74. The van der Waals surface area contributed by atoms with Crippen molar-refractivity contribution in [2.24, 2.45) is 11.8 Å². The highest BCUT2D eigenvalue weighted by Gasteiger charge is 2.39. The number of ether oxygens (including phenoxy) is 1. The SMILES string of the molecule is CC(C)C1CCC(CNC(C)(C)C)(OC2CCCC2)CC1. The summed E-state index contributed by atoms with van der Waals surface area (Å²) in [5.41, 5.74) is 0.286. The number of rotatable bonds is 5. The Balaban J connectivity index is 1.96. The standard InChI is InChI=1S/C19H37NO/c1-15(2)16-10-12-19(13-11-16,14-20-18(3,4)5)21-17-8-6-7-9-17/h15-17,20H,6-14H2,1-5H3. The molecule has 0 heterocycles. The zero-order valence-electron chi connectivity index (χ0n) is 15.0. The van der Waals surface area contributed by atoms with Gasteiger partial charge in [-0.15, -0.1) is 0 Å². The minimum Gasteiger partial charge on any atom is -0.370 e. The average Bonchev–Trinajstić information content (AvgIpc) is 2.89. The van der Waals surface area contributed by atoms with E-state index in [9.17, 15) is 0 Å². The van der Waals surface area contributed by atoms with Crippen molar-refractivity contribution in [3.63, 3.8) is 0 Å². The van der Waals surface area contributed by atoms with Gasteiger partial charge in [-0.3, -0.25) is 0 Å². The van der Waals surface area contributed by atoms with Crippen molar-refractivity contribution in [1.82, 2.24) is 5.32 Å². The fourth-order valence-corrected chi connectivity index (χ4v) is 3.96. The monoisotopic (exact) mass is 295 g/mol. The third kappa shape index (κ3) is 5.25. The lowest BCUT2D eigenvalue weighted by Crippen LogP contribution is -2.52. The third-order valence-corrected chi connectivity index (χ3v) is 5.54. The van der Waals surface area contributed by atoms with Gasteiger partial charge in [0.2, 0.25) is 0 Å². The van der Waals surface area contributed by atoms with Crippen LogP contribution in [0.2, 0.25) is 0 Å². The summed E-state index contributed by atoms with van der Waals surface area (Å²) >= 11 is 0. The third-order valence-electron chi connectivity index (χ3n) is 5.54. The van der Waals surface area contributed by atoms with E-state index in [2.05, 4.69) is 39.9 Å². The molecule has 0 radical (unpaired) electrons. The second-order valence-electron chi connectivity index (χ2n) is 8.89. The molecule has 2 aliphatic carbocycles. The Morgan fingerprint density at radius 1 is 1.05 bits per heavy atom. The van der Waals surface area contributed by atoms with Crippen LogP contribution >= 0.6 is 0 Å². The van der Waals surface area contributed by atoms with Gasteiger partial charge < -0.3 is 10.1 Å². The number of hydrogen-bond donors (Lipinski definition) is 1. The van der Waals surface area contributed by atoms with Crippen molar-refractivity contribution in [1.29, 1.82) is 0 Å². The molecule has 2 rings (SSSR count). The second-order valence-corrected chi connectivity index (χ2v) is 8.89. The van der Waals surface area contributed by atoms with Crippen LogP contribution in [0.4, 0.5) is 0 Å². The summed E-state index contributed by atoms with van der Waals surface area (Å²) in [6, 6.07) is 0. The number of nitrogens with one attached hydrogen (secondary N) is 1. The molecule has 2 heteroatoms. The predicted octanol–water partition coefficient (Wildman–Crippen LogP) is 4.92. The largest absolute Gasteiger partial charge is 0.370 e. The molecule has 2 saturated carbocycles. The molecule has 2 nitrogen and oxygen atoms in total. The average molecular weight is 296 g/mol. The molecule has 0 aromatic heterocycles. The molecule has 124 valence electrons. The first-order valence-electron chi connectivity index (χ1n) is 9.23. The van der Waals surface area contributed by atoms with Gasteiger partial charge in [-0.1, -0.05) is 26.7 Å². The highest BCUT2D eigenvalue weighted by Crippen LogP contribution is 2.40. The molecule has 0 saturated heterocycles. The summed E-state index contributed by atoms with van der Waals surface area (Å²) < 4.78 is 6.70. The molecule has 2 fully saturated rings. The van der Waals surface area contributed by atoms with Gasteiger partial charge in [0.15, 0.2) is 0 Å². The number of hydrogen-bond acceptors (Lipinski definition) is 2. The van der Waals surface area contributed by atoms with Crippen molar-refractivity contribution in [2.45, 2.75) is 103 Å². The van der Waals surface area contributed by atoms with Crippen LogP contribution in [0.1, 0.15) is 86.0 Å². The Morgan fingerprint density at radius 2 is 1.62 bits per heavy atom. The summed E-state index contributed by atoms with van der Waals surface area (Å²) in [4.78, 5) is 0. The molecule has 2 aliphatic rings. The van der Waals surface area contributed by atoms with Crippen LogP contribution in [0.15, 0.2) is 0 Å². The fourth-order valence-electron chi connectivity index (χ4n) is 3.96. The molecule has 0 unspecified atom stereocenters. The maximum atomic E-state index is 6.70. The van der Waals surface area contributed by atoms with Gasteiger partial charge in [-0.05, 0) is 71.1 Å². The Labute approximate surface area is 132 Å². The maximum absolute atomic E-state index is 6.70. The summed E-state index contributed by atoms with van der Waals surface area (Å²) in [6.07, 6.45) is 11.0. The normalized spacial score (nSPS) is 32.0. The van der Waals surface area contributed by atoms with E-state index in [1.165, 1.54) is 51.4 Å². The van der Waals surface area contributed by atoms with E-state index in [1.54, 1.807) is 0 Å². The summed E-state index contributed by atoms with van der Waals surface area (Å²) in [6.45, 7) is 12.6. The zero-order chi connectivity index (χ0) is 15.5. The molecule has 0 aromatic rings. The fraction of sp³-hybridized carbons (Fsp3) is 1.00. The van der Waals surface area contributed by atoms with Crippen LogP contribution in [0, 0.1) is 11.8 Å². The summed E-state index contributed by atoms with van der Waals surface area (Å²) in [5.74, 6) is 1.73. The van der Waals surface area contributed by atoms with Gasteiger partial charge in [0.05, 0.1) is 11.7 Å². The molecule has 0 atom stereocenters. The smallest absolute Gasteiger partial charge is 0.0810 e. The maximum Gasteiger partial charge on any atom is 0.0810 e. The molecular formula is C19H37NO. The second kappa shape index (κ2) is 7.00. The van der Waals surface area contributed by atoms with Crippen LogP contribution < -0.4 is 5.32 Å². The van der Waals surface area contributed by atoms with Crippen molar-refractivity contribution < 1.29 is 4.74 Å². The van der Waals surface area contributed by atoms with E-state index in [0.29, 0.717) is 6.10 Å². The van der Waals surface area contributed by atoms with Crippen molar-refractivity contribution in [2.75, 3.05) is 6.54 Å². The summed E-state index contributed by atoms with van der Waals surface area (Å²) in [5, 5.41) is 3.73. The van der Waals surface area contributed by atoms with E-state index >= 15 is 0 Å². The Hall–Kier alpha value is -0.0800. The zero-order valence-corrected chi connectivity index (χ0v) is 15.0. The van der Waals surface area contributed by atoms with Crippen LogP contribution in [-0.4, -0.2) is 23.8 Å². The van der Waals surface area contributed by atoms with Crippen LogP contribution in [0.5, 0.6) is 0 Å². The van der Waals surface area contributed by atoms with Gasteiger partial charge in [0.25, 0.3) is 0 Å². The minimum absolute atomic E-state index is 0.105. The van der Waals surface area contributed by atoms with E-state index in [4.69, 9.17) is 4.74 Å². The molecule has 0 bridgehead atoms. The Morgan fingerprint density at radius 3 is 2.10 bits per heavy atom. The van der Waals surface area contributed by atoms with Gasteiger partial charge in [-0.25, -0.2) is 0 Å². The van der Waals surface area contributed by atoms with E-state index in [1.807, 2.05) is 0 Å². The van der Waals surface area contributed by atoms with Crippen LogP contribution in [0.25, 0.3) is 0 Å². The molecular weight excluding hydrogens is 258 g/mol. The van der Waals surface area contributed by atoms with Gasteiger partial charge >= 0.3 is 0 Å². The lowest BCUT2D eigenvalue weighted by molar-refractivity contribution is -0.119. The predicted molar refractivity (Wildman–Crippen MR) is 90.6 cm³/mol. The van der Waals surface area contributed by atoms with Gasteiger partial charge in [0, 0.05) is 12.1 Å². The molecule has 0 aromatic carbocycles. The molecule has 0 spiro atoms. The van der Waals surface area contributed by atoms with Crippen molar-refractivity contribution in [3.05, 3.63) is 0 Å². The van der Waals surface area contributed by atoms with Gasteiger partial charge in [-0.2, -0.15) is 0 Å². The van der Waals surface area contributed by atoms with E-state index in [0.717, 1.165) is 18.4 Å². The van der Waals surface area contributed by atoms with E-state index in [-0.39, 0.29) is 11.1 Å². The first-order valence-corrected chi connectivity index (χ1v) is 9.23. The Kier molecular flexibility index (Phi) is 5.76. The topological polar surface area (TPSA) is 21.3 Å². The quantitative estimate of drug-likeness (QED) is 0.777.